The van der Waals surface area contributed by atoms with Gasteiger partial charge in [0.15, 0.2) is 11.5 Å². The highest BCUT2D eigenvalue weighted by Crippen LogP contribution is 2.40. The molecule has 1 aromatic rings. The lowest BCUT2D eigenvalue weighted by molar-refractivity contribution is -0.147. The van der Waals surface area contributed by atoms with Gasteiger partial charge in [-0.2, -0.15) is 8.42 Å². The second kappa shape index (κ2) is 5.85. The number of carboxylic acids is 1. The van der Waals surface area contributed by atoms with Crippen LogP contribution in [0.5, 0.6) is 0 Å². The first-order valence-electron chi connectivity index (χ1n) is 7.63. The van der Waals surface area contributed by atoms with E-state index in [1.54, 1.807) is 13.0 Å². The molecule has 0 spiro atoms. The number of fused-ring (bicyclic) bond motifs is 1. The maximum Gasteiger partial charge on any atom is 0.356 e. The standard InChI is InChI=1S/C16H17NO7S/c1-8-3-4-11(9(2)18)13(5-8)25(22,23)24-12-6-10-7-14(19)17(10)15(12)16(20)21/h3-5,9-10,18H,6-7H2,1-2H3,(H,20,21). The van der Waals surface area contributed by atoms with Gasteiger partial charge in [0.05, 0.1) is 12.1 Å². The fourth-order valence-electron chi connectivity index (χ4n) is 3.07. The van der Waals surface area contributed by atoms with E-state index in [1.807, 2.05) is 0 Å². The van der Waals surface area contributed by atoms with Crippen molar-refractivity contribution in [2.24, 2.45) is 0 Å². The summed E-state index contributed by atoms with van der Waals surface area (Å²) in [5.41, 5.74) is 0.362. The number of hydrogen-bond acceptors (Lipinski definition) is 6. The number of hydrogen-bond donors (Lipinski definition) is 2. The first-order valence-corrected chi connectivity index (χ1v) is 9.04. The van der Waals surface area contributed by atoms with Crippen molar-refractivity contribution in [2.45, 2.75) is 43.7 Å². The average Bonchev–Trinajstić information content (AvgIpc) is 2.78. The molecule has 25 heavy (non-hydrogen) atoms. The van der Waals surface area contributed by atoms with Gasteiger partial charge in [-0.1, -0.05) is 12.1 Å². The van der Waals surface area contributed by atoms with E-state index in [1.165, 1.54) is 19.1 Å². The highest BCUT2D eigenvalue weighted by molar-refractivity contribution is 7.87. The molecule has 3 rings (SSSR count). The summed E-state index contributed by atoms with van der Waals surface area (Å²) >= 11 is 0. The molecule has 2 aliphatic rings. The summed E-state index contributed by atoms with van der Waals surface area (Å²) < 4.78 is 30.5. The van der Waals surface area contributed by atoms with Gasteiger partial charge in [-0.15, -0.1) is 0 Å². The van der Waals surface area contributed by atoms with Crippen molar-refractivity contribution in [1.29, 1.82) is 0 Å². The number of benzene rings is 1. The SMILES string of the molecule is Cc1ccc(C(C)O)c(S(=O)(=O)OC2=C(C(=O)O)N3C(=O)CC3C2)c1. The number of rotatable bonds is 5. The zero-order valence-electron chi connectivity index (χ0n) is 13.6. The monoisotopic (exact) mass is 367 g/mol. The van der Waals surface area contributed by atoms with E-state index in [0.29, 0.717) is 5.56 Å². The van der Waals surface area contributed by atoms with Gasteiger partial charge in [0.2, 0.25) is 5.91 Å². The molecular formula is C16H17NO7S. The Morgan fingerprint density at radius 2 is 2.04 bits per heavy atom. The molecule has 134 valence electrons. The number of β-lactam (4-membered cyclic amide) rings is 1. The van der Waals surface area contributed by atoms with Crippen LogP contribution in [0.2, 0.25) is 0 Å². The average molecular weight is 367 g/mol. The van der Waals surface area contributed by atoms with Crippen molar-refractivity contribution < 1.29 is 32.4 Å². The summed E-state index contributed by atoms with van der Waals surface area (Å²) in [5.74, 6) is -2.05. The number of amides is 1. The zero-order valence-corrected chi connectivity index (χ0v) is 14.4. The molecule has 1 fully saturated rings. The summed E-state index contributed by atoms with van der Waals surface area (Å²) in [5, 5.41) is 19.1. The van der Waals surface area contributed by atoms with Gasteiger partial charge in [-0.3, -0.25) is 9.69 Å². The van der Waals surface area contributed by atoms with E-state index in [4.69, 9.17) is 4.18 Å². The molecule has 2 N–H and O–H groups in total. The van der Waals surface area contributed by atoms with Gasteiger partial charge in [-0.05, 0) is 25.5 Å². The molecule has 1 aromatic carbocycles. The molecule has 0 radical (unpaired) electrons. The van der Waals surface area contributed by atoms with Crippen LogP contribution >= 0.6 is 0 Å². The van der Waals surface area contributed by atoms with Gasteiger partial charge in [-0.25, -0.2) is 4.79 Å². The Morgan fingerprint density at radius 1 is 1.36 bits per heavy atom. The second-order valence-electron chi connectivity index (χ2n) is 6.16. The number of aliphatic carboxylic acids is 1. The van der Waals surface area contributed by atoms with Gasteiger partial charge in [0.25, 0.3) is 0 Å². The Labute approximate surface area is 144 Å². The Morgan fingerprint density at radius 3 is 2.60 bits per heavy atom. The van der Waals surface area contributed by atoms with E-state index in [9.17, 15) is 28.2 Å². The predicted octanol–water partition coefficient (Wildman–Crippen LogP) is 1.05. The second-order valence-corrected chi connectivity index (χ2v) is 7.67. The lowest BCUT2D eigenvalue weighted by Gasteiger charge is -2.34. The quantitative estimate of drug-likeness (QED) is 0.589. The molecule has 0 saturated carbocycles. The van der Waals surface area contributed by atoms with Crippen LogP contribution in [-0.4, -0.2) is 41.4 Å². The number of aliphatic hydroxyl groups excluding tert-OH is 1. The smallest absolute Gasteiger partial charge is 0.356 e. The highest BCUT2D eigenvalue weighted by Gasteiger charge is 2.49. The third kappa shape index (κ3) is 2.89. The number of carbonyl (C=O) groups excluding carboxylic acids is 1. The first kappa shape index (κ1) is 17.4. The van der Waals surface area contributed by atoms with Crippen molar-refractivity contribution in [3.63, 3.8) is 0 Å². The molecule has 2 unspecified atom stereocenters. The molecule has 2 atom stereocenters. The maximum absolute atomic E-state index is 12.7. The van der Waals surface area contributed by atoms with Crippen LogP contribution in [0.25, 0.3) is 0 Å². The van der Waals surface area contributed by atoms with Gasteiger partial charge in [0.1, 0.15) is 4.90 Å². The van der Waals surface area contributed by atoms with E-state index in [2.05, 4.69) is 0 Å². The van der Waals surface area contributed by atoms with Gasteiger partial charge < -0.3 is 14.4 Å². The van der Waals surface area contributed by atoms with Crippen LogP contribution in [0.4, 0.5) is 0 Å². The Balaban J connectivity index is 2.03. The van der Waals surface area contributed by atoms with E-state index < -0.39 is 27.9 Å². The summed E-state index contributed by atoms with van der Waals surface area (Å²) in [6.07, 6.45) is -0.859. The van der Waals surface area contributed by atoms with Crippen molar-refractivity contribution in [3.8, 4) is 0 Å². The topological polar surface area (TPSA) is 121 Å². The molecule has 0 aliphatic carbocycles. The fraction of sp³-hybridized carbons (Fsp3) is 0.375. The molecular weight excluding hydrogens is 350 g/mol. The Bertz CT molecular complexity index is 901. The number of nitrogens with zero attached hydrogens (tertiary/aromatic N) is 1. The summed E-state index contributed by atoms with van der Waals surface area (Å²) in [4.78, 5) is 23.9. The lowest BCUT2D eigenvalue weighted by atomic mass is 10.0. The molecule has 2 heterocycles. The lowest BCUT2D eigenvalue weighted by Crippen LogP contribution is -2.49. The normalized spacial score (nSPS) is 21.0. The predicted molar refractivity (Wildman–Crippen MR) is 84.6 cm³/mol. The van der Waals surface area contributed by atoms with E-state index >= 15 is 0 Å². The van der Waals surface area contributed by atoms with E-state index in [-0.39, 0.29) is 41.0 Å². The van der Waals surface area contributed by atoms with Crippen LogP contribution in [0.3, 0.4) is 0 Å². The molecule has 0 bridgehead atoms. The van der Waals surface area contributed by atoms with Gasteiger partial charge >= 0.3 is 16.1 Å². The van der Waals surface area contributed by atoms with E-state index in [0.717, 1.165) is 4.90 Å². The third-order valence-corrected chi connectivity index (χ3v) is 5.58. The van der Waals surface area contributed by atoms with Gasteiger partial charge in [0, 0.05) is 18.4 Å². The zero-order chi connectivity index (χ0) is 18.5. The van der Waals surface area contributed by atoms with Crippen LogP contribution < -0.4 is 0 Å². The molecule has 9 heteroatoms. The summed E-state index contributed by atoms with van der Waals surface area (Å²) in [6.45, 7) is 3.11. The first-order chi connectivity index (χ1) is 11.6. The maximum atomic E-state index is 12.7. The molecule has 0 aromatic heterocycles. The third-order valence-electron chi connectivity index (χ3n) is 4.27. The molecule has 2 aliphatic heterocycles. The van der Waals surface area contributed by atoms with Crippen LogP contribution in [0.1, 0.15) is 37.0 Å². The van der Waals surface area contributed by atoms with Crippen LogP contribution in [0, 0.1) is 6.92 Å². The molecule has 1 amide bonds. The van der Waals surface area contributed by atoms with Crippen molar-refractivity contribution in [1.82, 2.24) is 4.90 Å². The largest absolute Gasteiger partial charge is 0.476 e. The van der Waals surface area contributed by atoms with Crippen molar-refractivity contribution in [3.05, 3.63) is 40.8 Å². The van der Waals surface area contributed by atoms with Crippen LogP contribution in [0.15, 0.2) is 34.6 Å². The number of aliphatic hydroxyl groups is 1. The summed E-state index contributed by atoms with van der Waals surface area (Å²) in [7, 11) is -4.36. The molecule has 8 nitrogen and oxygen atoms in total. The van der Waals surface area contributed by atoms with Crippen molar-refractivity contribution in [2.75, 3.05) is 0 Å². The fourth-order valence-corrected chi connectivity index (χ4v) is 4.43. The summed E-state index contributed by atoms with van der Waals surface area (Å²) in [6, 6.07) is 4.11. The minimum atomic E-state index is -4.36. The minimum Gasteiger partial charge on any atom is -0.476 e. The highest BCUT2D eigenvalue weighted by atomic mass is 32.2. The van der Waals surface area contributed by atoms with Crippen LogP contribution in [-0.2, 0) is 23.9 Å². The Kier molecular flexibility index (Phi) is 4.08. The number of carbonyl (C=O) groups is 2. The molecule has 1 saturated heterocycles. The van der Waals surface area contributed by atoms with Crippen molar-refractivity contribution >= 4 is 22.0 Å². The Hall–Kier alpha value is -2.39. The minimum absolute atomic E-state index is 0.0302. The number of carboxylic acid groups (broad SMARTS) is 1. The number of aryl methyl sites for hydroxylation is 1.